The molecule has 1 aromatic carbocycles. The van der Waals surface area contributed by atoms with Gasteiger partial charge < -0.3 is 9.47 Å². The van der Waals surface area contributed by atoms with E-state index in [1.165, 1.54) is 0 Å². The quantitative estimate of drug-likeness (QED) is 0.669. The third-order valence-electron chi connectivity index (χ3n) is 1.75. The third-order valence-corrected chi connectivity index (χ3v) is 1.75. The first-order valence-electron chi connectivity index (χ1n) is 5.60. The lowest BCUT2D eigenvalue weighted by molar-refractivity contribution is 0.184. The monoisotopic (exact) mass is 210 g/mol. The summed E-state index contributed by atoms with van der Waals surface area (Å²) >= 11 is 0. The highest BCUT2D eigenvalue weighted by Crippen LogP contribution is 2.08. The van der Waals surface area contributed by atoms with Gasteiger partial charge in [-0.2, -0.15) is 0 Å². The summed E-state index contributed by atoms with van der Waals surface area (Å²) in [6, 6.07) is 9.87. The second-order valence-corrected chi connectivity index (χ2v) is 2.86. The number of rotatable bonds is 6. The minimum atomic E-state index is 0.771. The van der Waals surface area contributed by atoms with Crippen LogP contribution < -0.4 is 4.74 Å². The normalized spacial score (nSPS) is 9.00. The zero-order chi connectivity index (χ0) is 11.4. The van der Waals surface area contributed by atoms with Gasteiger partial charge in [0.25, 0.3) is 0 Å². The standard InChI is InChI=1S/C11H16O2.C2H6/c1-12-9-5-6-10-13-11-7-3-2-4-8-11;1-2/h2-4,7-8H,5-6,9-10H2,1H3;1-2H3. The van der Waals surface area contributed by atoms with Crippen molar-refractivity contribution in [3.63, 3.8) is 0 Å². The first-order valence-corrected chi connectivity index (χ1v) is 5.60. The van der Waals surface area contributed by atoms with Gasteiger partial charge in [-0.15, -0.1) is 0 Å². The van der Waals surface area contributed by atoms with Crippen molar-refractivity contribution in [3.05, 3.63) is 30.3 Å². The molecule has 1 rings (SSSR count). The van der Waals surface area contributed by atoms with E-state index in [2.05, 4.69) is 0 Å². The smallest absolute Gasteiger partial charge is 0.119 e. The van der Waals surface area contributed by atoms with Gasteiger partial charge in [-0.3, -0.25) is 0 Å². The molecular weight excluding hydrogens is 188 g/mol. The highest BCUT2D eigenvalue weighted by atomic mass is 16.5. The van der Waals surface area contributed by atoms with Crippen LogP contribution in [0.3, 0.4) is 0 Å². The minimum Gasteiger partial charge on any atom is -0.494 e. The predicted octanol–water partition coefficient (Wildman–Crippen LogP) is 3.52. The summed E-state index contributed by atoms with van der Waals surface area (Å²) in [5.74, 6) is 0.944. The molecule has 0 aromatic heterocycles. The molecule has 0 aliphatic rings. The molecule has 0 fully saturated rings. The van der Waals surface area contributed by atoms with Crippen molar-refractivity contribution in [2.75, 3.05) is 20.3 Å². The molecule has 0 atom stereocenters. The molecule has 0 aliphatic carbocycles. The van der Waals surface area contributed by atoms with E-state index in [1.54, 1.807) is 7.11 Å². The van der Waals surface area contributed by atoms with Crippen molar-refractivity contribution in [3.8, 4) is 5.75 Å². The number of para-hydroxylation sites is 1. The number of benzene rings is 1. The zero-order valence-corrected chi connectivity index (χ0v) is 10.0. The van der Waals surface area contributed by atoms with Gasteiger partial charge in [0.2, 0.25) is 0 Å². The van der Waals surface area contributed by atoms with Crippen LogP contribution in [0.5, 0.6) is 5.75 Å². The molecule has 0 unspecified atom stereocenters. The van der Waals surface area contributed by atoms with E-state index >= 15 is 0 Å². The molecule has 0 spiro atoms. The van der Waals surface area contributed by atoms with Gasteiger partial charge in [0.05, 0.1) is 6.61 Å². The van der Waals surface area contributed by atoms with E-state index in [0.717, 1.165) is 31.8 Å². The Labute approximate surface area is 93.2 Å². The molecule has 0 saturated heterocycles. The van der Waals surface area contributed by atoms with E-state index in [0.29, 0.717) is 0 Å². The lowest BCUT2D eigenvalue weighted by atomic mass is 10.3. The van der Waals surface area contributed by atoms with E-state index in [4.69, 9.17) is 9.47 Å². The van der Waals surface area contributed by atoms with E-state index in [-0.39, 0.29) is 0 Å². The van der Waals surface area contributed by atoms with Crippen molar-refractivity contribution in [1.29, 1.82) is 0 Å². The molecule has 86 valence electrons. The average Bonchev–Trinajstić information content (AvgIpc) is 2.33. The molecule has 0 amide bonds. The number of unbranched alkanes of at least 4 members (excludes halogenated alkanes) is 1. The molecule has 1 aromatic rings. The van der Waals surface area contributed by atoms with Gasteiger partial charge in [0, 0.05) is 13.7 Å². The maximum Gasteiger partial charge on any atom is 0.119 e. The average molecular weight is 210 g/mol. The maximum absolute atomic E-state index is 5.50. The van der Waals surface area contributed by atoms with Gasteiger partial charge in [-0.1, -0.05) is 32.0 Å². The van der Waals surface area contributed by atoms with Crippen LogP contribution in [0.15, 0.2) is 30.3 Å². The van der Waals surface area contributed by atoms with Gasteiger partial charge in [-0.05, 0) is 25.0 Å². The van der Waals surface area contributed by atoms with Crippen LogP contribution in [0.25, 0.3) is 0 Å². The largest absolute Gasteiger partial charge is 0.494 e. The Balaban J connectivity index is 0.000000921. The van der Waals surface area contributed by atoms with Crippen molar-refractivity contribution >= 4 is 0 Å². The lowest BCUT2D eigenvalue weighted by Crippen LogP contribution is -1.99. The fourth-order valence-corrected chi connectivity index (χ4v) is 1.06. The van der Waals surface area contributed by atoms with Crippen molar-refractivity contribution < 1.29 is 9.47 Å². The van der Waals surface area contributed by atoms with E-state index in [1.807, 2.05) is 44.2 Å². The predicted molar refractivity (Wildman–Crippen MR) is 64.4 cm³/mol. The Morgan fingerprint density at radius 1 is 0.933 bits per heavy atom. The number of hydrogen-bond acceptors (Lipinski definition) is 2. The highest BCUT2D eigenvalue weighted by Gasteiger charge is 1.91. The fourth-order valence-electron chi connectivity index (χ4n) is 1.06. The summed E-state index contributed by atoms with van der Waals surface area (Å²) < 4.78 is 10.4. The van der Waals surface area contributed by atoms with Crippen LogP contribution in [-0.4, -0.2) is 20.3 Å². The van der Waals surface area contributed by atoms with Gasteiger partial charge in [-0.25, -0.2) is 0 Å². The van der Waals surface area contributed by atoms with Crippen molar-refractivity contribution in [1.82, 2.24) is 0 Å². The number of methoxy groups -OCH3 is 1. The molecule has 0 aliphatic heterocycles. The van der Waals surface area contributed by atoms with Crippen molar-refractivity contribution in [2.24, 2.45) is 0 Å². The number of ether oxygens (including phenoxy) is 2. The zero-order valence-electron chi connectivity index (χ0n) is 10.0. The first kappa shape index (κ1) is 14.0. The van der Waals surface area contributed by atoms with Gasteiger partial charge >= 0.3 is 0 Å². The SMILES string of the molecule is CC.COCCCCOc1ccccc1. The second-order valence-electron chi connectivity index (χ2n) is 2.86. The first-order chi connectivity index (χ1) is 7.43. The summed E-state index contributed by atoms with van der Waals surface area (Å²) in [6.07, 6.45) is 2.10. The fraction of sp³-hybridized carbons (Fsp3) is 0.538. The number of hydrogen-bond donors (Lipinski definition) is 0. The van der Waals surface area contributed by atoms with Crippen LogP contribution in [0.1, 0.15) is 26.7 Å². The Bertz CT molecular complexity index is 209. The second kappa shape index (κ2) is 11.1. The highest BCUT2D eigenvalue weighted by molar-refractivity contribution is 5.20. The third kappa shape index (κ3) is 8.01. The van der Waals surface area contributed by atoms with Gasteiger partial charge in [0.15, 0.2) is 0 Å². The Kier molecular flexibility index (Phi) is 10.3. The van der Waals surface area contributed by atoms with Gasteiger partial charge in [0.1, 0.15) is 5.75 Å². The topological polar surface area (TPSA) is 18.5 Å². The van der Waals surface area contributed by atoms with E-state index in [9.17, 15) is 0 Å². The van der Waals surface area contributed by atoms with E-state index < -0.39 is 0 Å². The maximum atomic E-state index is 5.50. The lowest BCUT2D eigenvalue weighted by Gasteiger charge is -2.04. The van der Waals surface area contributed by atoms with Crippen LogP contribution >= 0.6 is 0 Å². The summed E-state index contributed by atoms with van der Waals surface area (Å²) in [7, 11) is 1.72. The van der Waals surface area contributed by atoms with Crippen molar-refractivity contribution in [2.45, 2.75) is 26.7 Å². The summed E-state index contributed by atoms with van der Waals surface area (Å²) in [5, 5.41) is 0. The molecule has 0 saturated carbocycles. The summed E-state index contributed by atoms with van der Waals surface area (Å²) in [6.45, 7) is 5.59. The summed E-state index contributed by atoms with van der Waals surface area (Å²) in [4.78, 5) is 0. The van der Waals surface area contributed by atoms with Crippen LogP contribution in [-0.2, 0) is 4.74 Å². The molecule has 0 bridgehead atoms. The molecular formula is C13H22O2. The Morgan fingerprint density at radius 3 is 2.13 bits per heavy atom. The molecule has 2 heteroatoms. The molecule has 2 nitrogen and oxygen atoms in total. The van der Waals surface area contributed by atoms with Crippen LogP contribution in [0, 0.1) is 0 Å². The Hall–Kier alpha value is -1.02. The Morgan fingerprint density at radius 2 is 1.53 bits per heavy atom. The minimum absolute atomic E-state index is 0.771. The van der Waals surface area contributed by atoms with Crippen LogP contribution in [0.4, 0.5) is 0 Å². The molecule has 15 heavy (non-hydrogen) atoms. The molecule has 0 radical (unpaired) electrons. The molecule has 0 N–H and O–H groups in total. The van der Waals surface area contributed by atoms with Crippen LogP contribution in [0.2, 0.25) is 0 Å². The summed E-state index contributed by atoms with van der Waals surface area (Å²) in [5.41, 5.74) is 0. The molecule has 0 heterocycles.